The lowest BCUT2D eigenvalue weighted by Crippen LogP contribution is -2.21. The van der Waals surface area contributed by atoms with Gasteiger partial charge in [-0.25, -0.2) is 0 Å². The standard InChI is InChI=1S/C15H22O/c1-3-4-13-5-7-14(8-6-13)15(16)10-9-12(2)11-15/h5-8,12,16H,3-4,9-11H2,1-2H3. The molecule has 1 aromatic rings. The Morgan fingerprint density at radius 3 is 2.50 bits per heavy atom. The van der Waals surface area contributed by atoms with Gasteiger partial charge in [-0.2, -0.15) is 0 Å². The molecule has 1 fully saturated rings. The molecular weight excluding hydrogens is 196 g/mol. The molecule has 1 heteroatoms. The second-order valence-corrected chi connectivity index (χ2v) is 5.33. The van der Waals surface area contributed by atoms with Gasteiger partial charge in [0.1, 0.15) is 0 Å². The van der Waals surface area contributed by atoms with Gasteiger partial charge in [-0.15, -0.1) is 0 Å². The molecule has 2 rings (SSSR count). The van der Waals surface area contributed by atoms with Gasteiger partial charge in [0.25, 0.3) is 0 Å². The van der Waals surface area contributed by atoms with Gasteiger partial charge in [0.15, 0.2) is 0 Å². The second-order valence-electron chi connectivity index (χ2n) is 5.33. The lowest BCUT2D eigenvalue weighted by molar-refractivity contribution is 0.0408. The Bertz CT molecular complexity index is 341. The van der Waals surface area contributed by atoms with Crippen molar-refractivity contribution in [1.29, 1.82) is 0 Å². The fourth-order valence-corrected chi connectivity index (χ4v) is 2.80. The lowest BCUT2D eigenvalue weighted by atomic mass is 9.90. The first kappa shape index (κ1) is 11.7. The van der Waals surface area contributed by atoms with Crippen LogP contribution < -0.4 is 0 Å². The Morgan fingerprint density at radius 1 is 1.31 bits per heavy atom. The molecule has 0 amide bonds. The molecule has 0 saturated heterocycles. The van der Waals surface area contributed by atoms with Gasteiger partial charge in [0.05, 0.1) is 5.60 Å². The van der Waals surface area contributed by atoms with Crippen molar-refractivity contribution in [1.82, 2.24) is 0 Å². The predicted molar refractivity (Wildman–Crippen MR) is 67.3 cm³/mol. The zero-order chi connectivity index (χ0) is 11.6. The number of rotatable bonds is 3. The van der Waals surface area contributed by atoms with Gasteiger partial charge in [0.2, 0.25) is 0 Å². The molecule has 2 atom stereocenters. The summed E-state index contributed by atoms with van der Waals surface area (Å²) in [6, 6.07) is 8.56. The molecule has 0 bridgehead atoms. The summed E-state index contributed by atoms with van der Waals surface area (Å²) in [4.78, 5) is 0. The molecule has 0 radical (unpaired) electrons. The van der Waals surface area contributed by atoms with Crippen molar-refractivity contribution in [2.75, 3.05) is 0 Å². The van der Waals surface area contributed by atoms with E-state index in [4.69, 9.17) is 0 Å². The molecule has 0 heterocycles. The normalized spacial score (nSPS) is 29.6. The minimum atomic E-state index is -0.551. The fraction of sp³-hybridized carbons (Fsp3) is 0.600. The van der Waals surface area contributed by atoms with Gasteiger partial charge in [-0.1, -0.05) is 44.5 Å². The topological polar surface area (TPSA) is 20.2 Å². The first-order chi connectivity index (χ1) is 7.64. The smallest absolute Gasteiger partial charge is 0.0899 e. The minimum Gasteiger partial charge on any atom is -0.385 e. The Hall–Kier alpha value is -0.820. The molecule has 1 N–H and O–H groups in total. The second kappa shape index (κ2) is 4.58. The highest BCUT2D eigenvalue weighted by Crippen LogP contribution is 2.41. The zero-order valence-electron chi connectivity index (χ0n) is 10.4. The number of aryl methyl sites for hydroxylation is 1. The van der Waals surface area contributed by atoms with Crippen molar-refractivity contribution in [3.63, 3.8) is 0 Å². The van der Waals surface area contributed by atoms with Gasteiger partial charge in [-0.3, -0.25) is 0 Å². The van der Waals surface area contributed by atoms with E-state index in [1.165, 1.54) is 12.0 Å². The van der Waals surface area contributed by atoms with E-state index in [1.54, 1.807) is 0 Å². The number of benzene rings is 1. The summed E-state index contributed by atoms with van der Waals surface area (Å²) in [5.74, 6) is 0.653. The monoisotopic (exact) mass is 218 g/mol. The van der Waals surface area contributed by atoms with Crippen LogP contribution in [0.1, 0.15) is 50.7 Å². The summed E-state index contributed by atoms with van der Waals surface area (Å²) < 4.78 is 0. The van der Waals surface area contributed by atoms with E-state index in [0.717, 1.165) is 31.2 Å². The van der Waals surface area contributed by atoms with E-state index in [1.807, 2.05) is 0 Å². The van der Waals surface area contributed by atoms with Gasteiger partial charge in [0, 0.05) is 0 Å². The molecule has 16 heavy (non-hydrogen) atoms. The van der Waals surface area contributed by atoms with Crippen molar-refractivity contribution in [2.45, 2.75) is 51.6 Å². The molecule has 0 spiro atoms. The summed E-state index contributed by atoms with van der Waals surface area (Å²) in [7, 11) is 0. The van der Waals surface area contributed by atoms with Crippen molar-refractivity contribution in [3.05, 3.63) is 35.4 Å². The Morgan fingerprint density at radius 2 is 2.00 bits per heavy atom. The lowest BCUT2D eigenvalue weighted by Gasteiger charge is -2.23. The van der Waals surface area contributed by atoms with Crippen LogP contribution in [0.2, 0.25) is 0 Å². The molecule has 0 aromatic heterocycles. The van der Waals surface area contributed by atoms with Crippen LogP contribution in [0.3, 0.4) is 0 Å². The number of aliphatic hydroxyl groups is 1. The maximum atomic E-state index is 10.6. The van der Waals surface area contributed by atoms with Crippen molar-refractivity contribution in [3.8, 4) is 0 Å². The SMILES string of the molecule is CCCc1ccc(C2(O)CCC(C)C2)cc1. The van der Waals surface area contributed by atoms with Crippen LogP contribution in [-0.4, -0.2) is 5.11 Å². The third-order valence-corrected chi connectivity index (χ3v) is 3.77. The zero-order valence-corrected chi connectivity index (χ0v) is 10.4. The molecule has 0 aliphatic heterocycles. The summed E-state index contributed by atoms with van der Waals surface area (Å²) in [6.07, 6.45) is 5.30. The van der Waals surface area contributed by atoms with E-state index in [0.29, 0.717) is 5.92 Å². The maximum absolute atomic E-state index is 10.6. The summed E-state index contributed by atoms with van der Waals surface area (Å²) in [5, 5.41) is 10.6. The van der Waals surface area contributed by atoms with Crippen LogP contribution in [0.25, 0.3) is 0 Å². The first-order valence-corrected chi connectivity index (χ1v) is 6.46. The molecule has 2 unspecified atom stereocenters. The van der Waals surface area contributed by atoms with Crippen LogP contribution in [0.15, 0.2) is 24.3 Å². The highest BCUT2D eigenvalue weighted by Gasteiger charge is 2.36. The van der Waals surface area contributed by atoms with Crippen molar-refractivity contribution >= 4 is 0 Å². The van der Waals surface area contributed by atoms with Gasteiger partial charge in [-0.05, 0) is 42.7 Å². The molecule has 88 valence electrons. The third kappa shape index (κ3) is 2.30. The molecular formula is C15H22O. The Labute approximate surface area is 98.5 Å². The average molecular weight is 218 g/mol. The molecule has 1 aromatic carbocycles. The quantitative estimate of drug-likeness (QED) is 0.821. The van der Waals surface area contributed by atoms with E-state index in [2.05, 4.69) is 38.1 Å². The van der Waals surface area contributed by atoms with Crippen molar-refractivity contribution in [2.24, 2.45) is 5.92 Å². The molecule has 1 nitrogen and oxygen atoms in total. The summed E-state index contributed by atoms with van der Waals surface area (Å²) in [5.41, 5.74) is 1.93. The minimum absolute atomic E-state index is 0.551. The van der Waals surface area contributed by atoms with Crippen LogP contribution in [0, 0.1) is 5.92 Å². The highest BCUT2D eigenvalue weighted by atomic mass is 16.3. The first-order valence-electron chi connectivity index (χ1n) is 6.46. The van der Waals surface area contributed by atoms with Crippen molar-refractivity contribution < 1.29 is 5.11 Å². The van der Waals surface area contributed by atoms with E-state index >= 15 is 0 Å². The van der Waals surface area contributed by atoms with Crippen LogP contribution in [0.4, 0.5) is 0 Å². The Balaban J connectivity index is 2.15. The predicted octanol–water partition coefficient (Wildman–Crippen LogP) is 3.65. The summed E-state index contributed by atoms with van der Waals surface area (Å²) in [6.45, 7) is 4.42. The summed E-state index contributed by atoms with van der Waals surface area (Å²) >= 11 is 0. The third-order valence-electron chi connectivity index (χ3n) is 3.77. The fourth-order valence-electron chi connectivity index (χ4n) is 2.80. The van der Waals surface area contributed by atoms with Crippen LogP contribution >= 0.6 is 0 Å². The molecule has 1 saturated carbocycles. The number of hydrogen-bond acceptors (Lipinski definition) is 1. The largest absolute Gasteiger partial charge is 0.385 e. The van der Waals surface area contributed by atoms with E-state index in [9.17, 15) is 5.11 Å². The molecule has 1 aliphatic carbocycles. The van der Waals surface area contributed by atoms with E-state index in [-0.39, 0.29) is 0 Å². The maximum Gasteiger partial charge on any atom is 0.0899 e. The number of hydrogen-bond donors (Lipinski definition) is 1. The average Bonchev–Trinajstić information content (AvgIpc) is 2.61. The van der Waals surface area contributed by atoms with E-state index < -0.39 is 5.60 Å². The van der Waals surface area contributed by atoms with Gasteiger partial charge >= 0.3 is 0 Å². The highest BCUT2D eigenvalue weighted by molar-refractivity contribution is 5.28. The van der Waals surface area contributed by atoms with Gasteiger partial charge < -0.3 is 5.11 Å². The molecule has 1 aliphatic rings. The van der Waals surface area contributed by atoms with Crippen LogP contribution in [0.5, 0.6) is 0 Å². The van der Waals surface area contributed by atoms with Crippen LogP contribution in [-0.2, 0) is 12.0 Å². The Kier molecular flexibility index (Phi) is 3.34.